The third kappa shape index (κ3) is 23.9. The van der Waals surface area contributed by atoms with Crippen molar-refractivity contribution in [1.29, 1.82) is 0 Å². The van der Waals surface area contributed by atoms with Crippen molar-refractivity contribution in [3.63, 3.8) is 0 Å². The number of nitrogens with zero attached hydrogens (tertiary/aromatic N) is 1. The molecular weight excluding hydrogens is 782 g/mol. The zero-order valence-corrected chi connectivity index (χ0v) is 32.3. The molecule has 296 valence electrons. The summed E-state index contributed by atoms with van der Waals surface area (Å²) in [6.07, 6.45) is 0.641. The van der Waals surface area contributed by atoms with Crippen LogP contribution in [-0.4, -0.2) is 139 Å². The molecule has 15 N–H and O–H groups in total. The molecule has 0 aromatic heterocycles. The lowest BCUT2D eigenvalue weighted by Gasteiger charge is -2.23. The van der Waals surface area contributed by atoms with Crippen molar-refractivity contribution in [2.45, 2.75) is 74.0 Å². The minimum absolute atomic E-state index is 0.164. The first-order valence-corrected chi connectivity index (χ1v) is 25.4. The first kappa shape index (κ1) is 49.7. The van der Waals surface area contributed by atoms with Crippen LogP contribution in [-0.2, 0) is 27.4 Å². The van der Waals surface area contributed by atoms with Crippen molar-refractivity contribution in [3.05, 3.63) is 0 Å². The maximum Gasteiger partial charge on any atom is 0.340 e. The molecule has 0 fully saturated rings. The molecular formula is C21H54N4O18P6. The van der Waals surface area contributed by atoms with Crippen LogP contribution in [0.5, 0.6) is 0 Å². The second-order valence-electron chi connectivity index (χ2n) is 11.6. The van der Waals surface area contributed by atoms with Gasteiger partial charge in [0.25, 0.3) is 0 Å². The van der Waals surface area contributed by atoms with Gasteiger partial charge in [0.2, 0.25) is 0 Å². The van der Waals surface area contributed by atoms with Crippen LogP contribution in [0.2, 0.25) is 0 Å². The van der Waals surface area contributed by atoms with Crippen LogP contribution in [0, 0.1) is 0 Å². The molecule has 0 aromatic rings. The maximum absolute atomic E-state index is 11.4. The van der Waals surface area contributed by atoms with Gasteiger partial charge >= 0.3 is 45.6 Å². The summed E-state index contributed by atoms with van der Waals surface area (Å²) in [6, 6.07) is 0. The second-order valence-corrected chi connectivity index (χ2v) is 23.6. The Hall–Kier alpha value is 0.740. The van der Waals surface area contributed by atoms with Gasteiger partial charge < -0.3 is 74.7 Å². The van der Waals surface area contributed by atoms with E-state index < -0.39 is 61.8 Å². The predicted molar refractivity (Wildman–Crippen MR) is 180 cm³/mol. The summed E-state index contributed by atoms with van der Waals surface area (Å²) in [5.74, 6) is 0. The summed E-state index contributed by atoms with van der Waals surface area (Å²) >= 11 is 0. The van der Waals surface area contributed by atoms with E-state index in [1.165, 1.54) is 0 Å². The van der Waals surface area contributed by atoms with Gasteiger partial charge in [-0.05, 0) is 58.2 Å². The quantitative estimate of drug-likeness (QED) is 0.0324. The Morgan fingerprint density at radius 1 is 0.347 bits per heavy atom. The van der Waals surface area contributed by atoms with E-state index in [1.54, 1.807) is 0 Å². The third-order valence-electron chi connectivity index (χ3n) is 7.34. The van der Waals surface area contributed by atoms with E-state index in [2.05, 4.69) is 20.9 Å². The number of nitrogens with one attached hydrogen (secondary N) is 3. The van der Waals surface area contributed by atoms with Crippen molar-refractivity contribution < 1.29 is 86.1 Å². The summed E-state index contributed by atoms with van der Waals surface area (Å²) in [5.41, 5.74) is 0. The minimum atomic E-state index is -4.98. The van der Waals surface area contributed by atoms with E-state index in [0.717, 1.165) is 0 Å². The van der Waals surface area contributed by atoms with Gasteiger partial charge in [-0.3, -0.25) is 32.3 Å². The lowest BCUT2D eigenvalue weighted by atomic mass is 10.2. The van der Waals surface area contributed by atoms with Gasteiger partial charge in [0.1, 0.15) is 0 Å². The molecule has 0 saturated carbocycles. The molecule has 0 spiro atoms. The summed E-state index contributed by atoms with van der Waals surface area (Å²) < 4.78 is 68.4. The van der Waals surface area contributed by atoms with E-state index in [-0.39, 0.29) is 38.5 Å². The Bertz CT molecular complexity index is 1020. The smallest absolute Gasteiger partial charge is 0.324 e. The average molecular weight is 837 g/mol. The molecule has 22 nitrogen and oxygen atoms in total. The molecule has 0 amide bonds. The number of hydrogen-bond acceptors (Lipinski definition) is 10. The molecule has 0 heterocycles. The summed E-state index contributed by atoms with van der Waals surface area (Å²) in [4.78, 5) is 113. The molecule has 0 aromatic carbocycles. The summed E-state index contributed by atoms with van der Waals surface area (Å²) in [7, 11) is -29.9. The molecule has 28 heteroatoms. The molecule has 49 heavy (non-hydrogen) atoms. The van der Waals surface area contributed by atoms with E-state index >= 15 is 0 Å². The Balaban J connectivity index is 4.74. The van der Waals surface area contributed by atoms with E-state index in [1.807, 2.05) is 0 Å². The van der Waals surface area contributed by atoms with Gasteiger partial charge in [-0.15, -0.1) is 0 Å². The minimum Gasteiger partial charge on any atom is -0.324 e. The Kier molecular flexibility index (Phi) is 23.2. The fourth-order valence-electron chi connectivity index (χ4n) is 4.75. The molecule has 0 bridgehead atoms. The molecule has 0 unspecified atom stereocenters. The number of rotatable bonds is 30. The lowest BCUT2D eigenvalue weighted by Crippen LogP contribution is -2.41. The van der Waals surface area contributed by atoms with Gasteiger partial charge in [-0.25, -0.2) is 0 Å². The highest BCUT2D eigenvalue weighted by molar-refractivity contribution is 7.71. The van der Waals surface area contributed by atoms with Crippen LogP contribution in [0.4, 0.5) is 0 Å². The van der Waals surface area contributed by atoms with Crippen LogP contribution in [0.1, 0.15) is 57.8 Å². The van der Waals surface area contributed by atoms with Gasteiger partial charge in [-0.1, -0.05) is 19.3 Å². The van der Waals surface area contributed by atoms with Crippen molar-refractivity contribution in [2.24, 2.45) is 0 Å². The highest BCUT2D eigenvalue weighted by atomic mass is 31.2. The highest BCUT2D eigenvalue weighted by Gasteiger charge is 2.44. The third-order valence-corrected chi connectivity index (χ3v) is 19.0. The van der Waals surface area contributed by atoms with Gasteiger partial charge in [-0.2, -0.15) is 0 Å². The SMILES string of the molecule is O=P(O)(O)C(CCCCNCCN(CCNCCCCC(P(=O)(O)O)P(=O)(O)O)CCNCCCCC(P(=O)(O)O)P(=O)(O)O)P(=O)(O)O. The molecule has 0 aliphatic carbocycles. The number of unbranched alkanes of at least 4 members (excludes halogenated alkanes) is 3. The molecule has 0 aliphatic heterocycles. The summed E-state index contributed by atoms with van der Waals surface area (Å²) in [6.45, 7) is 4.30. The standard InChI is InChI=1S/C21H54N4O18P6/c26-44(27,28)19(45(29,30)31)7-1-4-10-22-13-16-25(17-14-23-11-5-2-8-20(46(32,33)34)47(35,36)37)18-15-24-12-6-3-9-21(48(38,39)40)49(41,42)43/h19-24H,1-18H2,(H2,26,27,28)(H2,29,30,31)(H2,32,33,34)(H2,35,36,37)(H2,38,39,40)(H2,41,42,43). The van der Waals surface area contributed by atoms with Crippen LogP contribution in [0.25, 0.3) is 0 Å². The van der Waals surface area contributed by atoms with Crippen LogP contribution >= 0.6 is 45.6 Å². The van der Waals surface area contributed by atoms with Crippen LogP contribution < -0.4 is 16.0 Å². The first-order chi connectivity index (χ1) is 22.2. The Labute approximate surface area is 285 Å². The largest absolute Gasteiger partial charge is 0.340 e. The van der Waals surface area contributed by atoms with Gasteiger partial charge in [0.05, 0.1) is 0 Å². The Morgan fingerprint density at radius 3 is 0.735 bits per heavy atom. The highest BCUT2D eigenvalue weighted by Crippen LogP contribution is 2.63. The van der Waals surface area contributed by atoms with Crippen LogP contribution in [0.3, 0.4) is 0 Å². The molecule has 0 atom stereocenters. The fourth-order valence-corrected chi connectivity index (χ4v) is 12.6. The zero-order valence-electron chi connectivity index (χ0n) is 26.9. The number of hydrogen-bond donors (Lipinski definition) is 15. The molecule has 0 saturated heterocycles. The van der Waals surface area contributed by atoms with Gasteiger partial charge in [0, 0.05) is 39.3 Å². The van der Waals surface area contributed by atoms with E-state index in [4.69, 9.17) is 0 Å². The molecule has 0 rings (SSSR count). The van der Waals surface area contributed by atoms with Crippen molar-refractivity contribution in [3.8, 4) is 0 Å². The topological polar surface area (TPSA) is 385 Å². The fraction of sp³-hybridized carbons (Fsp3) is 1.00. The average Bonchev–Trinajstić information content (AvgIpc) is 2.88. The predicted octanol–water partition coefficient (Wildman–Crippen LogP) is -0.387. The maximum atomic E-state index is 11.4. The summed E-state index contributed by atoms with van der Waals surface area (Å²) in [5, 5.41) is 3.30. The first-order valence-electron chi connectivity index (χ1n) is 15.3. The molecule has 0 aliphatic rings. The second kappa shape index (κ2) is 22.8. The lowest BCUT2D eigenvalue weighted by molar-refractivity contribution is 0.271. The van der Waals surface area contributed by atoms with Gasteiger partial charge in [0.15, 0.2) is 16.2 Å². The zero-order chi connectivity index (χ0) is 38.2. The van der Waals surface area contributed by atoms with E-state index in [9.17, 15) is 86.1 Å². The monoisotopic (exact) mass is 836 g/mol. The normalized spacial score (nSPS) is 14.2. The van der Waals surface area contributed by atoms with Crippen molar-refractivity contribution >= 4 is 45.6 Å². The Morgan fingerprint density at radius 2 is 0.551 bits per heavy atom. The van der Waals surface area contributed by atoms with E-state index in [0.29, 0.717) is 78.2 Å². The van der Waals surface area contributed by atoms with Crippen LogP contribution in [0.15, 0.2) is 0 Å². The molecule has 0 radical (unpaired) electrons. The van der Waals surface area contributed by atoms with Crippen molar-refractivity contribution in [2.75, 3.05) is 58.9 Å². The van der Waals surface area contributed by atoms with Crippen molar-refractivity contribution in [1.82, 2.24) is 20.9 Å².